The van der Waals surface area contributed by atoms with E-state index in [1.807, 2.05) is 0 Å². The van der Waals surface area contributed by atoms with Crippen molar-refractivity contribution in [2.24, 2.45) is 7.05 Å². The van der Waals surface area contributed by atoms with Crippen LogP contribution in [0.5, 0.6) is 0 Å². The van der Waals surface area contributed by atoms with Crippen LogP contribution in [0.4, 0.5) is 4.79 Å². The number of carbonyl (C=O) groups excluding carboxylic acids is 1. The second kappa shape index (κ2) is 7.75. The minimum Gasteiger partial charge on any atom is -0.383 e. The lowest BCUT2D eigenvalue weighted by Crippen LogP contribution is -2.43. The van der Waals surface area contributed by atoms with Crippen molar-refractivity contribution in [1.29, 1.82) is 0 Å². The van der Waals surface area contributed by atoms with Crippen LogP contribution in [0.15, 0.2) is 17.3 Å². The van der Waals surface area contributed by atoms with Gasteiger partial charge in [0.25, 0.3) is 0 Å². The fourth-order valence-electron chi connectivity index (χ4n) is 2.39. The van der Waals surface area contributed by atoms with Crippen molar-refractivity contribution in [2.75, 3.05) is 46.4 Å². The first-order chi connectivity index (χ1) is 10.9. The molecule has 2 rings (SSSR count). The van der Waals surface area contributed by atoms with Gasteiger partial charge in [0, 0.05) is 53.1 Å². The Labute approximate surface area is 136 Å². The van der Waals surface area contributed by atoms with Crippen molar-refractivity contribution in [3.8, 4) is 0 Å². The molecule has 0 radical (unpaired) electrons. The molecule has 1 aromatic heterocycles. The summed E-state index contributed by atoms with van der Waals surface area (Å²) in [5.74, 6) is 0. The van der Waals surface area contributed by atoms with Gasteiger partial charge in [-0.05, 0) is 6.42 Å². The lowest BCUT2D eigenvalue weighted by molar-refractivity contribution is 0.181. The van der Waals surface area contributed by atoms with Crippen LogP contribution in [0, 0.1) is 0 Å². The van der Waals surface area contributed by atoms with E-state index in [1.165, 1.54) is 21.4 Å². The average molecular weight is 345 g/mol. The van der Waals surface area contributed by atoms with Gasteiger partial charge in [0.1, 0.15) is 4.90 Å². The molecule has 0 aliphatic carbocycles. The summed E-state index contributed by atoms with van der Waals surface area (Å²) < 4.78 is 32.9. The number of methoxy groups -OCH3 is 1. The molecule has 1 saturated heterocycles. The molecule has 1 aliphatic heterocycles. The zero-order valence-electron chi connectivity index (χ0n) is 13.4. The van der Waals surface area contributed by atoms with Crippen LogP contribution in [-0.2, 0) is 21.8 Å². The molecule has 1 aliphatic rings. The number of hydrogen-bond acceptors (Lipinski definition) is 5. The molecule has 9 nitrogen and oxygen atoms in total. The molecule has 1 fully saturated rings. The van der Waals surface area contributed by atoms with E-state index in [-0.39, 0.29) is 17.5 Å². The van der Waals surface area contributed by atoms with E-state index in [9.17, 15) is 13.2 Å². The maximum Gasteiger partial charge on any atom is 0.317 e. The molecule has 0 bridgehead atoms. The Morgan fingerprint density at radius 3 is 2.78 bits per heavy atom. The Morgan fingerprint density at radius 1 is 1.35 bits per heavy atom. The summed E-state index contributed by atoms with van der Waals surface area (Å²) in [7, 11) is -0.320. The number of carbonyl (C=O) groups is 1. The van der Waals surface area contributed by atoms with Crippen molar-refractivity contribution in [3.05, 3.63) is 12.4 Å². The van der Waals surface area contributed by atoms with Crippen LogP contribution in [0.1, 0.15) is 6.42 Å². The zero-order chi connectivity index (χ0) is 16.9. The van der Waals surface area contributed by atoms with Gasteiger partial charge in [-0.3, -0.25) is 4.68 Å². The molecule has 1 aromatic rings. The lowest BCUT2D eigenvalue weighted by atomic mass is 10.4. The highest BCUT2D eigenvalue weighted by Crippen LogP contribution is 2.16. The van der Waals surface area contributed by atoms with Crippen molar-refractivity contribution >= 4 is 16.1 Å². The molecular weight excluding hydrogens is 322 g/mol. The quantitative estimate of drug-likeness (QED) is 0.724. The van der Waals surface area contributed by atoms with Crippen molar-refractivity contribution in [1.82, 2.24) is 24.3 Å². The summed E-state index contributed by atoms with van der Waals surface area (Å²) in [6.45, 7) is 2.43. The molecule has 0 saturated carbocycles. The number of ether oxygens (including phenoxy) is 1. The van der Waals surface area contributed by atoms with Crippen LogP contribution in [0.25, 0.3) is 0 Å². The molecule has 0 atom stereocenters. The van der Waals surface area contributed by atoms with Crippen LogP contribution in [0.2, 0.25) is 0 Å². The first-order valence-corrected chi connectivity index (χ1v) is 8.89. The van der Waals surface area contributed by atoms with Crippen LogP contribution in [-0.4, -0.2) is 79.9 Å². The molecule has 130 valence electrons. The molecule has 23 heavy (non-hydrogen) atoms. The summed E-state index contributed by atoms with van der Waals surface area (Å²) >= 11 is 0. The molecule has 2 amide bonds. The summed E-state index contributed by atoms with van der Waals surface area (Å²) in [5, 5.41) is 6.66. The highest BCUT2D eigenvalue weighted by Gasteiger charge is 2.29. The Bertz CT molecular complexity index is 630. The van der Waals surface area contributed by atoms with Gasteiger partial charge in [-0.25, -0.2) is 13.2 Å². The predicted octanol–water partition coefficient (Wildman–Crippen LogP) is -0.527. The largest absolute Gasteiger partial charge is 0.383 e. The van der Waals surface area contributed by atoms with Gasteiger partial charge in [-0.2, -0.15) is 9.40 Å². The third-order valence-electron chi connectivity index (χ3n) is 3.64. The topological polar surface area (TPSA) is 96.8 Å². The smallest absolute Gasteiger partial charge is 0.317 e. The Balaban J connectivity index is 1.97. The van der Waals surface area contributed by atoms with E-state index in [0.717, 1.165) is 0 Å². The molecule has 0 unspecified atom stereocenters. The Hall–Kier alpha value is -1.65. The number of aryl methyl sites for hydroxylation is 1. The third-order valence-corrected chi connectivity index (χ3v) is 5.49. The fraction of sp³-hybridized carbons (Fsp3) is 0.692. The number of urea groups is 1. The molecule has 10 heteroatoms. The van der Waals surface area contributed by atoms with Gasteiger partial charge >= 0.3 is 6.03 Å². The summed E-state index contributed by atoms with van der Waals surface area (Å²) in [6, 6.07) is -0.192. The highest BCUT2D eigenvalue weighted by molar-refractivity contribution is 7.89. The number of aromatic nitrogens is 2. The second-order valence-electron chi connectivity index (χ2n) is 5.32. The second-order valence-corrected chi connectivity index (χ2v) is 7.26. The van der Waals surface area contributed by atoms with E-state index in [1.54, 1.807) is 19.1 Å². The zero-order valence-corrected chi connectivity index (χ0v) is 14.3. The van der Waals surface area contributed by atoms with E-state index in [2.05, 4.69) is 10.4 Å². The average Bonchev–Trinajstić information content (AvgIpc) is 2.81. The Morgan fingerprint density at radius 2 is 2.13 bits per heavy atom. The monoisotopic (exact) mass is 345 g/mol. The molecule has 0 spiro atoms. The van der Waals surface area contributed by atoms with Crippen LogP contribution >= 0.6 is 0 Å². The maximum absolute atomic E-state index is 12.6. The van der Waals surface area contributed by atoms with E-state index >= 15 is 0 Å². The first kappa shape index (κ1) is 17.7. The van der Waals surface area contributed by atoms with Gasteiger partial charge in [0.05, 0.1) is 12.8 Å². The number of hydrogen-bond donors (Lipinski definition) is 1. The van der Waals surface area contributed by atoms with E-state index in [4.69, 9.17) is 4.74 Å². The van der Waals surface area contributed by atoms with Crippen molar-refractivity contribution in [3.63, 3.8) is 0 Å². The molecule has 0 aromatic carbocycles. The van der Waals surface area contributed by atoms with E-state index < -0.39 is 10.0 Å². The number of sulfonamides is 1. The fourth-order valence-corrected chi connectivity index (χ4v) is 3.85. The number of nitrogens with zero attached hydrogens (tertiary/aromatic N) is 4. The predicted molar refractivity (Wildman–Crippen MR) is 83.4 cm³/mol. The standard InChI is InChI=1S/C13H23N5O4S/c1-16-11-12(10-15-16)23(20,21)18-6-3-5-17(7-8-18)13(19)14-4-9-22-2/h10-11H,3-9H2,1-2H3,(H,14,19). The number of nitrogens with one attached hydrogen (secondary N) is 1. The summed E-state index contributed by atoms with van der Waals surface area (Å²) in [6.07, 6.45) is 3.42. The Kier molecular flexibility index (Phi) is 5.97. The van der Waals surface area contributed by atoms with Gasteiger partial charge in [0.2, 0.25) is 10.0 Å². The van der Waals surface area contributed by atoms with E-state index in [0.29, 0.717) is 39.2 Å². The number of amides is 2. The minimum absolute atomic E-state index is 0.179. The van der Waals surface area contributed by atoms with Crippen LogP contribution in [0.3, 0.4) is 0 Å². The third kappa shape index (κ3) is 4.43. The molecule has 2 heterocycles. The van der Waals surface area contributed by atoms with Gasteiger partial charge < -0.3 is 15.0 Å². The highest BCUT2D eigenvalue weighted by atomic mass is 32.2. The minimum atomic E-state index is -3.56. The van der Waals surface area contributed by atoms with Crippen LogP contribution < -0.4 is 5.32 Å². The van der Waals surface area contributed by atoms with Crippen molar-refractivity contribution in [2.45, 2.75) is 11.3 Å². The summed E-state index contributed by atoms with van der Waals surface area (Å²) in [4.78, 5) is 13.8. The normalized spacial score (nSPS) is 17.0. The molecular formula is C13H23N5O4S. The lowest BCUT2D eigenvalue weighted by Gasteiger charge is -2.21. The van der Waals surface area contributed by atoms with Crippen molar-refractivity contribution < 1.29 is 17.9 Å². The number of rotatable bonds is 5. The summed E-state index contributed by atoms with van der Waals surface area (Å²) in [5.41, 5.74) is 0. The van der Waals surface area contributed by atoms with Gasteiger partial charge in [0.15, 0.2) is 0 Å². The van der Waals surface area contributed by atoms with Gasteiger partial charge in [-0.1, -0.05) is 0 Å². The molecule has 1 N–H and O–H groups in total. The SMILES string of the molecule is COCCNC(=O)N1CCCN(S(=O)(=O)c2cnn(C)c2)CC1. The first-order valence-electron chi connectivity index (χ1n) is 7.45. The van der Waals surface area contributed by atoms with Gasteiger partial charge in [-0.15, -0.1) is 0 Å². The maximum atomic E-state index is 12.6.